The Morgan fingerprint density at radius 1 is 1.08 bits per heavy atom. The van der Waals surface area contributed by atoms with Gasteiger partial charge >= 0.3 is 11.9 Å². The molecule has 0 aliphatic heterocycles. The van der Waals surface area contributed by atoms with E-state index in [0.29, 0.717) is 36.1 Å². The van der Waals surface area contributed by atoms with Gasteiger partial charge in [0, 0.05) is 12.1 Å². The van der Waals surface area contributed by atoms with E-state index in [-0.39, 0.29) is 12.6 Å². The zero-order chi connectivity index (χ0) is 18.5. The summed E-state index contributed by atoms with van der Waals surface area (Å²) in [5.74, 6) is 0.795. The number of amides is 1. The largest absolute Gasteiger partial charge is 0.462 e. The van der Waals surface area contributed by atoms with Gasteiger partial charge in [0.15, 0.2) is 6.61 Å². The first-order chi connectivity index (χ1) is 12.5. The van der Waals surface area contributed by atoms with Crippen molar-refractivity contribution in [2.24, 2.45) is 17.8 Å². The monoisotopic (exact) mass is 359 g/mol. The third-order valence-electron chi connectivity index (χ3n) is 5.36. The van der Waals surface area contributed by atoms with Crippen LogP contribution in [0.25, 0.3) is 0 Å². The number of carbonyl (C=O) groups is 3. The molecule has 3 rings (SSSR count). The van der Waals surface area contributed by atoms with Crippen molar-refractivity contribution >= 4 is 23.5 Å². The number of nitrogens with one attached hydrogen (secondary N) is 1. The predicted octanol–water partition coefficient (Wildman–Crippen LogP) is 3.17. The summed E-state index contributed by atoms with van der Waals surface area (Å²) in [5.41, 5.74) is 0.953. The molecule has 1 aromatic rings. The van der Waals surface area contributed by atoms with E-state index in [0.717, 1.165) is 12.3 Å². The van der Waals surface area contributed by atoms with Gasteiger partial charge in [-0.1, -0.05) is 6.42 Å². The van der Waals surface area contributed by atoms with Gasteiger partial charge in [-0.3, -0.25) is 9.59 Å². The molecule has 1 aromatic carbocycles. The molecule has 0 unspecified atom stereocenters. The lowest BCUT2D eigenvalue weighted by Gasteiger charge is -2.20. The van der Waals surface area contributed by atoms with E-state index in [9.17, 15) is 14.4 Å². The zero-order valence-corrected chi connectivity index (χ0v) is 15.0. The molecule has 0 aromatic heterocycles. The van der Waals surface area contributed by atoms with Gasteiger partial charge in [-0.25, -0.2) is 4.79 Å². The minimum atomic E-state index is -0.403. The number of fused-ring (bicyclic) bond motifs is 2. The summed E-state index contributed by atoms with van der Waals surface area (Å²) in [5, 5.41) is 2.65. The zero-order valence-electron chi connectivity index (χ0n) is 15.0. The summed E-state index contributed by atoms with van der Waals surface area (Å²) in [6.45, 7) is 1.76. The summed E-state index contributed by atoms with van der Waals surface area (Å²) in [4.78, 5) is 35.5. The Kier molecular flexibility index (Phi) is 5.91. The summed E-state index contributed by atoms with van der Waals surface area (Å²) >= 11 is 0. The third-order valence-corrected chi connectivity index (χ3v) is 5.36. The third kappa shape index (κ3) is 4.62. The second kappa shape index (κ2) is 8.34. The molecule has 0 saturated heterocycles. The first-order valence-corrected chi connectivity index (χ1v) is 9.27. The van der Waals surface area contributed by atoms with Gasteiger partial charge in [0.05, 0.1) is 12.2 Å². The highest BCUT2D eigenvalue weighted by Crippen LogP contribution is 2.49. The Labute approximate surface area is 153 Å². The number of anilines is 1. The van der Waals surface area contributed by atoms with Crippen LogP contribution in [0.3, 0.4) is 0 Å². The van der Waals surface area contributed by atoms with E-state index in [1.807, 2.05) is 0 Å². The van der Waals surface area contributed by atoms with Gasteiger partial charge in [0.2, 0.25) is 0 Å². The maximum atomic E-state index is 12.0. The topological polar surface area (TPSA) is 81.7 Å². The van der Waals surface area contributed by atoms with Crippen molar-refractivity contribution in [3.05, 3.63) is 29.8 Å². The van der Waals surface area contributed by atoms with Crippen LogP contribution in [0.2, 0.25) is 0 Å². The van der Waals surface area contributed by atoms with Crippen LogP contribution < -0.4 is 5.32 Å². The summed E-state index contributed by atoms with van der Waals surface area (Å²) in [6, 6.07) is 6.38. The van der Waals surface area contributed by atoms with Crippen molar-refractivity contribution in [3.63, 3.8) is 0 Å². The lowest BCUT2D eigenvalue weighted by atomic mass is 9.86. The van der Waals surface area contributed by atoms with E-state index in [2.05, 4.69) is 5.32 Å². The van der Waals surface area contributed by atoms with Crippen molar-refractivity contribution in [3.8, 4) is 0 Å². The van der Waals surface area contributed by atoms with Gasteiger partial charge in [-0.15, -0.1) is 0 Å². The number of esters is 2. The van der Waals surface area contributed by atoms with Gasteiger partial charge in [-0.2, -0.15) is 0 Å². The van der Waals surface area contributed by atoms with Crippen LogP contribution >= 0.6 is 0 Å². The molecule has 3 atom stereocenters. The lowest BCUT2D eigenvalue weighted by molar-refractivity contribution is -0.148. The van der Waals surface area contributed by atoms with E-state index in [4.69, 9.17) is 9.47 Å². The first-order valence-electron chi connectivity index (χ1n) is 9.27. The van der Waals surface area contributed by atoms with Crippen LogP contribution in [-0.4, -0.2) is 31.1 Å². The van der Waals surface area contributed by atoms with Crippen LogP contribution in [0.4, 0.5) is 5.69 Å². The molecule has 26 heavy (non-hydrogen) atoms. The normalized spacial score (nSPS) is 23.5. The fraction of sp³-hybridized carbons (Fsp3) is 0.550. The Balaban J connectivity index is 1.39. The summed E-state index contributed by atoms with van der Waals surface area (Å²) in [7, 11) is 0. The minimum absolute atomic E-state index is 0.292. The summed E-state index contributed by atoms with van der Waals surface area (Å²) in [6.07, 6.45) is 5.32. The molecular formula is C20H25NO5. The second-order valence-electron chi connectivity index (χ2n) is 7.15. The number of hydrogen-bond acceptors (Lipinski definition) is 5. The molecule has 2 aliphatic rings. The molecule has 2 fully saturated rings. The SMILES string of the molecule is CCOC(=O)c1ccc(NC(=O)COC(=O)C[C@@H]2C[C@@H]3CC[C@@H]2C3)cc1. The number of hydrogen-bond donors (Lipinski definition) is 1. The second-order valence-corrected chi connectivity index (χ2v) is 7.15. The molecular weight excluding hydrogens is 334 g/mol. The molecule has 140 valence electrons. The fourth-order valence-corrected chi connectivity index (χ4v) is 4.15. The average molecular weight is 359 g/mol. The maximum absolute atomic E-state index is 12.0. The molecule has 0 spiro atoms. The quantitative estimate of drug-likeness (QED) is 0.756. The Bertz CT molecular complexity index is 669. The summed E-state index contributed by atoms with van der Waals surface area (Å²) < 4.78 is 10.0. The predicted molar refractivity (Wildman–Crippen MR) is 95.5 cm³/mol. The molecule has 2 bridgehead atoms. The Morgan fingerprint density at radius 2 is 1.85 bits per heavy atom. The maximum Gasteiger partial charge on any atom is 0.338 e. The number of carbonyl (C=O) groups excluding carboxylic acids is 3. The smallest absolute Gasteiger partial charge is 0.338 e. The molecule has 1 amide bonds. The number of benzene rings is 1. The van der Waals surface area contributed by atoms with Crippen LogP contribution in [-0.2, 0) is 19.1 Å². The van der Waals surface area contributed by atoms with Crippen molar-refractivity contribution in [2.75, 3.05) is 18.5 Å². The number of ether oxygens (including phenoxy) is 2. The van der Waals surface area contributed by atoms with Crippen LogP contribution in [0.5, 0.6) is 0 Å². The minimum Gasteiger partial charge on any atom is -0.462 e. The van der Waals surface area contributed by atoms with E-state index in [1.54, 1.807) is 31.2 Å². The highest BCUT2D eigenvalue weighted by atomic mass is 16.5. The van der Waals surface area contributed by atoms with E-state index in [1.165, 1.54) is 19.3 Å². The van der Waals surface area contributed by atoms with Crippen molar-refractivity contribution < 1.29 is 23.9 Å². The average Bonchev–Trinajstić information content (AvgIpc) is 3.24. The van der Waals surface area contributed by atoms with Crippen molar-refractivity contribution in [1.29, 1.82) is 0 Å². The van der Waals surface area contributed by atoms with Crippen LogP contribution in [0, 0.1) is 17.8 Å². The van der Waals surface area contributed by atoms with E-state index >= 15 is 0 Å². The van der Waals surface area contributed by atoms with Crippen LogP contribution in [0.15, 0.2) is 24.3 Å². The first kappa shape index (κ1) is 18.4. The lowest BCUT2D eigenvalue weighted by Crippen LogP contribution is -2.23. The van der Waals surface area contributed by atoms with Gasteiger partial charge in [-0.05, 0) is 68.2 Å². The molecule has 0 heterocycles. The molecule has 6 heteroatoms. The highest BCUT2D eigenvalue weighted by molar-refractivity contribution is 5.94. The Morgan fingerprint density at radius 3 is 2.46 bits per heavy atom. The fourth-order valence-electron chi connectivity index (χ4n) is 4.15. The molecule has 6 nitrogen and oxygen atoms in total. The van der Waals surface area contributed by atoms with E-state index < -0.39 is 11.9 Å². The van der Waals surface area contributed by atoms with Crippen molar-refractivity contribution in [2.45, 2.75) is 39.0 Å². The van der Waals surface area contributed by atoms with Gasteiger partial charge in [0.25, 0.3) is 5.91 Å². The standard InChI is InChI=1S/C20H25NO5/c1-2-25-20(24)14-5-7-17(8-6-14)21-18(22)12-26-19(23)11-16-10-13-3-4-15(16)9-13/h5-8,13,15-16H,2-4,9-12H2,1H3,(H,21,22)/t13-,15-,16+/m1/s1. The molecule has 2 saturated carbocycles. The van der Waals surface area contributed by atoms with Crippen molar-refractivity contribution in [1.82, 2.24) is 0 Å². The highest BCUT2D eigenvalue weighted by Gasteiger charge is 2.40. The Hall–Kier alpha value is -2.37. The molecule has 2 aliphatic carbocycles. The van der Waals surface area contributed by atoms with Gasteiger partial charge < -0.3 is 14.8 Å². The van der Waals surface area contributed by atoms with Gasteiger partial charge in [0.1, 0.15) is 0 Å². The molecule has 0 radical (unpaired) electrons. The number of rotatable bonds is 7. The van der Waals surface area contributed by atoms with Crippen LogP contribution in [0.1, 0.15) is 49.4 Å². The molecule has 1 N–H and O–H groups in total.